The largest absolute Gasteiger partial charge is 0.396 e. The molecule has 0 rings (SSSR count). The molecule has 0 aromatic rings. The van der Waals surface area contributed by atoms with Crippen molar-refractivity contribution in [3.63, 3.8) is 0 Å². The quantitative estimate of drug-likeness (QED) is 0.501. The molecule has 0 radical (unpaired) electrons. The van der Waals surface area contributed by atoms with E-state index < -0.39 is 0 Å². The lowest BCUT2D eigenvalue weighted by molar-refractivity contribution is 0.287. The molecule has 0 saturated heterocycles. The topological polar surface area (TPSA) is 32.6 Å². The van der Waals surface area contributed by atoms with E-state index in [1.54, 1.807) is 0 Å². The van der Waals surface area contributed by atoms with Crippen LogP contribution in [0.5, 0.6) is 0 Å². The van der Waals surface area contributed by atoms with Gasteiger partial charge in [0.25, 0.3) is 0 Å². The SMILES string of the molecule is CC(C)=NC(C)CCSCCCCO. The second-order valence-corrected chi connectivity index (χ2v) is 4.98. The lowest BCUT2D eigenvalue weighted by Gasteiger charge is -2.06. The summed E-state index contributed by atoms with van der Waals surface area (Å²) in [4.78, 5) is 4.47. The minimum absolute atomic E-state index is 0.330. The van der Waals surface area contributed by atoms with Gasteiger partial charge in [-0.25, -0.2) is 0 Å². The van der Waals surface area contributed by atoms with Crippen LogP contribution in [-0.4, -0.2) is 35.0 Å². The van der Waals surface area contributed by atoms with E-state index in [4.69, 9.17) is 5.11 Å². The Labute approximate surface area is 92.2 Å². The average molecular weight is 217 g/mol. The molecule has 1 N–H and O–H groups in total. The van der Waals surface area contributed by atoms with Crippen molar-refractivity contribution in [2.45, 2.75) is 46.1 Å². The van der Waals surface area contributed by atoms with Crippen molar-refractivity contribution in [1.82, 2.24) is 0 Å². The van der Waals surface area contributed by atoms with E-state index >= 15 is 0 Å². The van der Waals surface area contributed by atoms with Crippen LogP contribution in [0.1, 0.15) is 40.0 Å². The van der Waals surface area contributed by atoms with Crippen LogP contribution in [0.25, 0.3) is 0 Å². The zero-order valence-electron chi connectivity index (χ0n) is 9.62. The number of rotatable bonds is 8. The number of unbranched alkanes of at least 4 members (excludes halogenated alkanes) is 1. The zero-order valence-corrected chi connectivity index (χ0v) is 10.4. The summed E-state index contributed by atoms with van der Waals surface area (Å²) in [5, 5.41) is 8.58. The Hall–Kier alpha value is -0.0200. The highest BCUT2D eigenvalue weighted by Gasteiger charge is 1.98. The Bertz CT molecular complexity index is 155. The fraction of sp³-hybridized carbons (Fsp3) is 0.909. The molecular formula is C11H23NOS. The number of nitrogens with zero attached hydrogens (tertiary/aromatic N) is 1. The van der Waals surface area contributed by atoms with Crippen LogP contribution in [0.15, 0.2) is 4.99 Å². The summed E-state index contributed by atoms with van der Waals surface area (Å²) in [5.41, 5.74) is 1.17. The molecule has 0 amide bonds. The van der Waals surface area contributed by atoms with Crippen molar-refractivity contribution in [1.29, 1.82) is 0 Å². The molecule has 0 bridgehead atoms. The number of hydrogen-bond donors (Lipinski definition) is 1. The normalized spacial score (nSPS) is 12.6. The molecule has 0 aliphatic rings. The second kappa shape index (κ2) is 9.53. The van der Waals surface area contributed by atoms with Gasteiger partial charge >= 0.3 is 0 Å². The number of thioether (sulfide) groups is 1. The van der Waals surface area contributed by atoms with Gasteiger partial charge < -0.3 is 5.11 Å². The van der Waals surface area contributed by atoms with Crippen molar-refractivity contribution >= 4 is 17.5 Å². The Morgan fingerprint density at radius 3 is 2.57 bits per heavy atom. The Morgan fingerprint density at radius 2 is 2.00 bits per heavy atom. The first kappa shape index (κ1) is 14.0. The summed E-state index contributed by atoms with van der Waals surface area (Å²) in [6, 6.07) is 0.463. The van der Waals surface area contributed by atoms with E-state index in [2.05, 4.69) is 11.9 Å². The molecule has 0 aromatic heterocycles. The Kier molecular flexibility index (Phi) is 9.52. The standard InChI is InChI=1S/C11H23NOS/c1-10(2)12-11(3)6-9-14-8-5-4-7-13/h11,13H,4-9H2,1-3H3. The summed E-state index contributed by atoms with van der Waals surface area (Å²) in [7, 11) is 0. The van der Waals surface area contributed by atoms with Gasteiger partial charge in [-0.2, -0.15) is 11.8 Å². The van der Waals surface area contributed by atoms with Crippen LogP contribution in [-0.2, 0) is 0 Å². The van der Waals surface area contributed by atoms with E-state index in [0.29, 0.717) is 12.6 Å². The van der Waals surface area contributed by atoms with Gasteiger partial charge in [-0.15, -0.1) is 0 Å². The molecule has 1 atom stereocenters. The molecule has 0 fully saturated rings. The van der Waals surface area contributed by atoms with Gasteiger partial charge in [0, 0.05) is 18.4 Å². The van der Waals surface area contributed by atoms with Crippen molar-refractivity contribution in [3.05, 3.63) is 0 Å². The third kappa shape index (κ3) is 10.1. The Balaban J connectivity index is 3.23. The van der Waals surface area contributed by atoms with Gasteiger partial charge in [0.2, 0.25) is 0 Å². The molecule has 2 nitrogen and oxygen atoms in total. The van der Waals surface area contributed by atoms with E-state index in [1.807, 2.05) is 25.6 Å². The van der Waals surface area contributed by atoms with Gasteiger partial charge in [-0.3, -0.25) is 4.99 Å². The van der Waals surface area contributed by atoms with Gasteiger partial charge in [-0.1, -0.05) is 0 Å². The number of aliphatic imine (C=N–C) groups is 1. The molecule has 0 saturated carbocycles. The van der Waals surface area contributed by atoms with Crippen LogP contribution in [0.2, 0.25) is 0 Å². The number of aliphatic hydroxyl groups is 1. The highest BCUT2D eigenvalue weighted by Crippen LogP contribution is 2.09. The lowest BCUT2D eigenvalue weighted by Crippen LogP contribution is -2.02. The minimum atomic E-state index is 0.330. The van der Waals surface area contributed by atoms with Crippen LogP contribution < -0.4 is 0 Å². The molecule has 3 heteroatoms. The summed E-state index contributed by atoms with van der Waals surface area (Å²) < 4.78 is 0. The van der Waals surface area contributed by atoms with E-state index in [0.717, 1.165) is 19.3 Å². The van der Waals surface area contributed by atoms with Crippen molar-refractivity contribution in [2.24, 2.45) is 4.99 Å². The summed E-state index contributed by atoms with van der Waals surface area (Å²) >= 11 is 1.97. The fourth-order valence-electron chi connectivity index (χ4n) is 1.18. The maximum atomic E-state index is 8.58. The molecule has 0 aliphatic heterocycles. The first-order valence-electron chi connectivity index (χ1n) is 5.36. The monoisotopic (exact) mass is 217 g/mol. The molecule has 0 aromatic carbocycles. The van der Waals surface area contributed by atoms with E-state index in [1.165, 1.54) is 17.2 Å². The highest BCUT2D eigenvalue weighted by atomic mass is 32.2. The minimum Gasteiger partial charge on any atom is -0.396 e. The smallest absolute Gasteiger partial charge is 0.0478 e. The number of aliphatic hydroxyl groups excluding tert-OH is 1. The predicted octanol–water partition coefficient (Wildman–Crippen LogP) is 2.75. The average Bonchev–Trinajstić information content (AvgIpc) is 2.10. The van der Waals surface area contributed by atoms with Gasteiger partial charge in [0.1, 0.15) is 0 Å². The van der Waals surface area contributed by atoms with Gasteiger partial charge in [-0.05, 0) is 51.5 Å². The number of hydrogen-bond acceptors (Lipinski definition) is 3. The summed E-state index contributed by atoms with van der Waals surface area (Å²) in [5.74, 6) is 2.35. The first-order chi connectivity index (χ1) is 6.66. The summed E-state index contributed by atoms with van der Waals surface area (Å²) in [6.07, 6.45) is 3.23. The van der Waals surface area contributed by atoms with Gasteiger partial charge in [0.05, 0.1) is 0 Å². The molecule has 84 valence electrons. The van der Waals surface area contributed by atoms with Crippen molar-refractivity contribution < 1.29 is 5.11 Å². The molecule has 0 heterocycles. The maximum absolute atomic E-state index is 8.58. The van der Waals surface area contributed by atoms with Crippen molar-refractivity contribution in [2.75, 3.05) is 18.1 Å². The summed E-state index contributed by atoms with van der Waals surface area (Å²) in [6.45, 7) is 6.59. The van der Waals surface area contributed by atoms with Crippen LogP contribution in [0.3, 0.4) is 0 Å². The fourth-order valence-corrected chi connectivity index (χ4v) is 2.30. The van der Waals surface area contributed by atoms with Crippen LogP contribution >= 0.6 is 11.8 Å². The zero-order chi connectivity index (χ0) is 10.8. The molecule has 1 unspecified atom stereocenters. The second-order valence-electron chi connectivity index (χ2n) is 3.76. The molecule has 0 spiro atoms. The third-order valence-corrected chi connectivity index (χ3v) is 2.96. The van der Waals surface area contributed by atoms with Crippen molar-refractivity contribution in [3.8, 4) is 0 Å². The lowest BCUT2D eigenvalue weighted by atomic mass is 10.3. The van der Waals surface area contributed by atoms with Gasteiger partial charge in [0.15, 0.2) is 0 Å². The molecular weight excluding hydrogens is 194 g/mol. The Morgan fingerprint density at radius 1 is 1.29 bits per heavy atom. The van der Waals surface area contributed by atoms with Crippen LogP contribution in [0.4, 0.5) is 0 Å². The van der Waals surface area contributed by atoms with E-state index in [9.17, 15) is 0 Å². The maximum Gasteiger partial charge on any atom is 0.0478 e. The highest BCUT2D eigenvalue weighted by molar-refractivity contribution is 7.99. The van der Waals surface area contributed by atoms with E-state index in [-0.39, 0.29) is 0 Å². The first-order valence-corrected chi connectivity index (χ1v) is 6.52. The molecule has 14 heavy (non-hydrogen) atoms. The predicted molar refractivity (Wildman–Crippen MR) is 66.5 cm³/mol. The molecule has 0 aliphatic carbocycles. The van der Waals surface area contributed by atoms with Crippen LogP contribution in [0, 0.1) is 0 Å². The third-order valence-electron chi connectivity index (χ3n) is 1.86.